The fraction of sp³-hybridized carbons (Fsp3) is 0.333. The van der Waals surface area contributed by atoms with Crippen molar-refractivity contribution in [1.29, 1.82) is 0 Å². The lowest BCUT2D eigenvalue weighted by molar-refractivity contribution is -0.123. The van der Waals surface area contributed by atoms with Gasteiger partial charge in [-0.2, -0.15) is 0 Å². The second-order valence-electron chi connectivity index (χ2n) is 6.97. The van der Waals surface area contributed by atoms with Gasteiger partial charge in [0.2, 0.25) is 5.91 Å². The Balaban J connectivity index is 1.47. The minimum absolute atomic E-state index is 0.174. The van der Waals surface area contributed by atoms with Gasteiger partial charge in [0.25, 0.3) is 5.91 Å². The molecule has 0 unspecified atom stereocenters. The number of aromatic hydroxyl groups is 1. The van der Waals surface area contributed by atoms with Gasteiger partial charge < -0.3 is 14.7 Å². The molecular formula is C21H23N3O4. The smallest absolute Gasteiger partial charge is 0.251 e. The van der Waals surface area contributed by atoms with E-state index in [1.165, 1.54) is 12.0 Å². The summed E-state index contributed by atoms with van der Waals surface area (Å²) < 4.78 is 5.32. The molecule has 2 fully saturated rings. The van der Waals surface area contributed by atoms with E-state index in [9.17, 15) is 14.7 Å². The first kappa shape index (κ1) is 18.3. The highest BCUT2D eigenvalue weighted by Crippen LogP contribution is 2.34. The molecule has 0 bridgehead atoms. The van der Waals surface area contributed by atoms with Crippen LogP contribution in [0.5, 0.6) is 11.5 Å². The molecule has 28 heavy (non-hydrogen) atoms. The molecule has 0 aromatic heterocycles. The molecule has 7 heteroatoms. The van der Waals surface area contributed by atoms with E-state index in [1.54, 1.807) is 30.3 Å². The number of rotatable bonds is 4. The summed E-state index contributed by atoms with van der Waals surface area (Å²) in [5.74, 6) is 0.354. The van der Waals surface area contributed by atoms with Gasteiger partial charge >= 0.3 is 0 Å². The Kier molecular flexibility index (Phi) is 4.92. The quantitative estimate of drug-likeness (QED) is 0.815. The number of phenolic OH excluding ortho intramolecular Hbond substituents is 1. The van der Waals surface area contributed by atoms with E-state index in [0.717, 1.165) is 5.69 Å². The number of para-hydroxylation sites is 4. The second-order valence-corrected chi connectivity index (χ2v) is 6.97. The molecule has 2 aliphatic rings. The minimum Gasteiger partial charge on any atom is -0.506 e. The van der Waals surface area contributed by atoms with Gasteiger partial charge in [0.15, 0.2) is 0 Å². The number of ether oxygens (including phenoxy) is 1. The van der Waals surface area contributed by atoms with Gasteiger partial charge in [-0.3, -0.25) is 14.5 Å². The van der Waals surface area contributed by atoms with Gasteiger partial charge in [0.05, 0.1) is 30.9 Å². The van der Waals surface area contributed by atoms with E-state index in [0.29, 0.717) is 37.6 Å². The zero-order chi connectivity index (χ0) is 19.7. The molecule has 0 aliphatic carbocycles. The van der Waals surface area contributed by atoms with E-state index in [2.05, 4.69) is 9.80 Å². The van der Waals surface area contributed by atoms with Gasteiger partial charge in [0.1, 0.15) is 11.5 Å². The number of methoxy groups -OCH3 is 1. The molecule has 2 saturated heterocycles. The zero-order valence-electron chi connectivity index (χ0n) is 15.7. The number of benzene rings is 2. The van der Waals surface area contributed by atoms with Crippen LogP contribution in [0.15, 0.2) is 48.5 Å². The van der Waals surface area contributed by atoms with Gasteiger partial charge in [-0.1, -0.05) is 24.3 Å². The van der Waals surface area contributed by atoms with Gasteiger partial charge in [-0.05, 0) is 24.3 Å². The summed E-state index contributed by atoms with van der Waals surface area (Å²) in [6, 6.07) is 13.9. The number of nitrogens with zero attached hydrogens (tertiary/aromatic N) is 3. The molecule has 4 rings (SSSR count). The Bertz CT molecular complexity index is 893. The fourth-order valence-electron chi connectivity index (χ4n) is 3.97. The number of phenols is 1. The number of amides is 2. The van der Waals surface area contributed by atoms with Crippen molar-refractivity contribution in [2.45, 2.75) is 12.5 Å². The van der Waals surface area contributed by atoms with Crippen molar-refractivity contribution in [2.75, 3.05) is 43.1 Å². The molecule has 7 nitrogen and oxygen atoms in total. The molecular weight excluding hydrogens is 358 g/mol. The first-order valence-corrected chi connectivity index (χ1v) is 9.37. The molecule has 2 amide bonds. The third kappa shape index (κ3) is 3.18. The van der Waals surface area contributed by atoms with Crippen LogP contribution in [0, 0.1) is 0 Å². The van der Waals surface area contributed by atoms with Crippen LogP contribution in [0.3, 0.4) is 0 Å². The highest BCUT2D eigenvalue weighted by molar-refractivity contribution is 6.23. The molecule has 1 N–H and O–H groups in total. The lowest BCUT2D eigenvalue weighted by atomic mass is 10.1. The molecule has 2 aromatic carbocycles. The lowest BCUT2D eigenvalue weighted by Crippen LogP contribution is -2.52. The normalized spacial score (nSPS) is 20.7. The fourth-order valence-corrected chi connectivity index (χ4v) is 3.97. The van der Waals surface area contributed by atoms with Crippen LogP contribution in [0.1, 0.15) is 6.42 Å². The summed E-state index contributed by atoms with van der Waals surface area (Å²) in [6.07, 6.45) is 0.174. The monoisotopic (exact) mass is 381 g/mol. The lowest BCUT2D eigenvalue weighted by Gasteiger charge is -2.38. The molecule has 0 spiro atoms. The van der Waals surface area contributed by atoms with Crippen LogP contribution in [0.2, 0.25) is 0 Å². The van der Waals surface area contributed by atoms with Crippen molar-refractivity contribution in [2.24, 2.45) is 0 Å². The van der Waals surface area contributed by atoms with Gasteiger partial charge in [0, 0.05) is 26.2 Å². The number of piperazine rings is 1. The van der Waals surface area contributed by atoms with E-state index in [1.807, 2.05) is 18.2 Å². The second kappa shape index (κ2) is 7.52. The maximum absolute atomic E-state index is 13.0. The Morgan fingerprint density at radius 2 is 1.57 bits per heavy atom. The van der Waals surface area contributed by atoms with Crippen molar-refractivity contribution in [3.63, 3.8) is 0 Å². The van der Waals surface area contributed by atoms with Crippen LogP contribution in [0.4, 0.5) is 11.4 Å². The highest BCUT2D eigenvalue weighted by atomic mass is 16.5. The van der Waals surface area contributed by atoms with Crippen LogP contribution < -0.4 is 14.5 Å². The standard InChI is InChI=1S/C21H23N3O4/c1-28-19-9-5-3-7-16(19)24-20(26)14-17(21(24)27)23-12-10-22(11-13-23)15-6-2-4-8-18(15)25/h2-9,17,25H,10-14H2,1H3/t17-/m0/s1. The van der Waals surface area contributed by atoms with Gasteiger partial charge in [-0.15, -0.1) is 0 Å². The summed E-state index contributed by atoms with van der Waals surface area (Å²) in [5, 5.41) is 10.1. The summed E-state index contributed by atoms with van der Waals surface area (Å²) in [4.78, 5) is 31.1. The van der Waals surface area contributed by atoms with Crippen molar-refractivity contribution < 1.29 is 19.4 Å². The van der Waals surface area contributed by atoms with E-state index < -0.39 is 6.04 Å². The summed E-state index contributed by atoms with van der Waals surface area (Å²) in [7, 11) is 1.53. The topological polar surface area (TPSA) is 73.3 Å². The van der Waals surface area contributed by atoms with E-state index >= 15 is 0 Å². The predicted molar refractivity (Wildman–Crippen MR) is 106 cm³/mol. The van der Waals surface area contributed by atoms with Crippen molar-refractivity contribution in [3.8, 4) is 11.5 Å². The first-order valence-electron chi connectivity index (χ1n) is 9.37. The SMILES string of the molecule is COc1ccccc1N1C(=O)C[C@H](N2CCN(c3ccccc3O)CC2)C1=O. The Morgan fingerprint density at radius 1 is 0.929 bits per heavy atom. The molecule has 2 aliphatic heterocycles. The number of carbonyl (C=O) groups is 2. The summed E-state index contributed by atoms with van der Waals surface area (Å²) in [6.45, 7) is 2.67. The Morgan fingerprint density at radius 3 is 2.25 bits per heavy atom. The summed E-state index contributed by atoms with van der Waals surface area (Å²) in [5.41, 5.74) is 1.29. The van der Waals surface area contributed by atoms with Crippen LogP contribution >= 0.6 is 0 Å². The molecule has 2 aromatic rings. The zero-order valence-corrected chi connectivity index (χ0v) is 15.7. The van der Waals surface area contributed by atoms with E-state index in [4.69, 9.17) is 4.74 Å². The van der Waals surface area contributed by atoms with Crippen molar-refractivity contribution in [1.82, 2.24) is 4.90 Å². The van der Waals surface area contributed by atoms with Crippen molar-refractivity contribution >= 4 is 23.2 Å². The highest BCUT2D eigenvalue weighted by Gasteiger charge is 2.44. The molecule has 146 valence electrons. The number of hydrogen-bond donors (Lipinski definition) is 1. The number of hydrogen-bond acceptors (Lipinski definition) is 6. The predicted octanol–water partition coefficient (Wildman–Crippen LogP) is 1.85. The number of carbonyl (C=O) groups excluding carboxylic acids is 2. The van der Waals surface area contributed by atoms with Crippen molar-refractivity contribution in [3.05, 3.63) is 48.5 Å². The first-order chi connectivity index (χ1) is 13.6. The van der Waals surface area contributed by atoms with Crippen LogP contribution in [-0.2, 0) is 9.59 Å². The Hall–Kier alpha value is -3.06. The average molecular weight is 381 g/mol. The molecule has 0 saturated carbocycles. The van der Waals surface area contributed by atoms with Crippen LogP contribution in [-0.4, -0.2) is 61.2 Å². The minimum atomic E-state index is -0.455. The number of anilines is 2. The maximum Gasteiger partial charge on any atom is 0.251 e. The maximum atomic E-state index is 13.0. The summed E-state index contributed by atoms with van der Waals surface area (Å²) >= 11 is 0. The molecule has 0 radical (unpaired) electrons. The third-order valence-electron chi connectivity index (χ3n) is 5.43. The van der Waals surface area contributed by atoms with Gasteiger partial charge in [-0.25, -0.2) is 4.90 Å². The number of imide groups is 1. The molecule has 2 heterocycles. The third-order valence-corrected chi connectivity index (χ3v) is 5.43. The average Bonchev–Trinajstić information content (AvgIpc) is 3.02. The van der Waals surface area contributed by atoms with E-state index in [-0.39, 0.29) is 24.0 Å². The Labute approximate surface area is 163 Å². The molecule has 1 atom stereocenters. The van der Waals surface area contributed by atoms with Crippen LogP contribution in [0.25, 0.3) is 0 Å². The largest absolute Gasteiger partial charge is 0.506 e.